The summed E-state index contributed by atoms with van der Waals surface area (Å²) in [6.45, 7) is 1.34. The molecule has 3 aromatic rings. The van der Waals surface area contributed by atoms with Gasteiger partial charge in [-0.25, -0.2) is 0 Å². The molecule has 0 aliphatic carbocycles. The second kappa shape index (κ2) is 8.39. The summed E-state index contributed by atoms with van der Waals surface area (Å²) in [4.78, 5) is 12.3. The Morgan fingerprint density at radius 3 is 2.61 bits per heavy atom. The molecule has 0 bridgehead atoms. The van der Waals surface area contributed by atoms with E-state index in [-0.39, 0.29) is 18.4 Å². The summed E-state index contributed by atoms with van der Waals surface area (Å²) < 4.78 is 10.6. The first kappa shape index (κ1) is 17.8. The molecule has 1 aliphatic heterocycles. The number of nitrogens with one attached hydrogen (secondary N) is 2. The van der Waals surface area contributed by atoms with Gasteiger partial charge >= 0.3 is 0 Å². The summed E-state index contributed by atoms with van der Waals surface area (Å²) in [5, 5.41) is 14.1. The van der Waals surface area contributed by atoms with Crippen LogP contribution < -0.4 is 20.1 Å². The molecule has 2 aromatic carbocycles. The highest BCUT2D eigenvalue weighted by molar-refractivity contribution is 5.92. The monoisotopic (exact) mass is 376 g/mol. The maximum atomic E-state index is 12.3. The van der Waals surface area contributed by atoms with E-state index >= 15 is 0 Å². The van der Waals surface area contributed by atoms with Crippen LogP contribution in [-0.2, 0) is 13.0 Å². The zero-order valence-electron chi connectivity index (χ0n) is 15.2. The molecule has 4 rings (SSSR count). The smallest absolute Gasteiger partial charge is 0.272 e. The van der Waals surface area contributed by atoms with Gasteiger partial charge < -0.3 is 20.1 Å². The van der Waals surface area contributed by atoms with E-state index in [4.69, 9.17) is 9.47 Å². The molecule has 1 amide bonds. The molecule has 28 heavy (non-hydrogen) atoms. The summed E-state index contributed by atoms with van der Waals surface area (Å²) in [5.41, 5.74) is 2.45. The van der Waals surface area contributed by atoms with Gasteiger partial charge in [0.1, 0.15) is 5.82 Å². The van der Waals surface area contributed by atoms with E-state index in [1.807, 2.05) is 36.4 Å². The predicted octanol–water partition coefficient (Wildman–Crippen LogP) is 2.79. The van der Waals surface area contributed by atoms with Crippen molar-refractivity contribution in [3.8, 4) is 11.5 Å². The standard InChI is InChI=1S/C21H20N4O3/c26-21(23-13-16-6-8-18-19(12-16)28-14-27-18)17-7-9-20(25-24-17)22-11-10-15-4-2-1-3-5-15/h1-9,12H,10-11,13-14H2,(H,22,25)(H,23,26). The molecule has 1 aromatic heterocycles. The van der Waals surface area contributed by atoms with Crippen LogP contribution in [0.4, 0.5) is 5.82 Å². The Labute approximate surface area is 162 Å². The minimum atomic E-state index is -0.277. The summed E-state index contributed by atoms with van der Waals surface area (Å²) >= 11 is 0. The molecule has 0 saturated carbocycles. The van der Waals surface area contributed by atoms with Crippen LogP contribution in [0.15, 0.2) is 60.7 Å². The molecule has 0 fully saturated rings. The van der Waals surface area contributed by atoms with Crippen LogP contribution in [0.25, 0.3) is 0 Å². The normalized spacial score (nSPS) is 11.9. The molecule has 0 saturated heterocycles. The quantitative estimate of drug-likeness (QED) is 0.660. The van der Waals surface area contributed by atoms with Crippen LogP contribution in [-0.4, -0.2) is 29.4 Å². The number of nitrogens with zero attached hydrogens (tertiary/aromatic N) is 2. The average Bonchev–Trinajstić information content (AvgIpc) is 3.21. The van der Waals surface area contributed by atoms with Crippen molar-refractivity contribution in [3.05, 3.63) is 77.5 Å². The van der Waals surface area contributed by atoms with Crippen LogP contribution in [0.2, 0.25) is 0 Å². The maximum absolute atomic E-state index is 12.3. The number of aromatic nitrogens is 2. The fourth-order valence-electron chi connectivity index (χ4n) is 2.85. The Kier molecular flexibility index (Phi) is 5.33. The van der Waals surface area contributed by atoms with E-state index in [1.165, 1.54) is 5.56 Å². The highest BCUT2D eigenvalue weighted by Gasteiger charge is 2.14. The lowest BCUT2D eigenvalue weighted by Gasteiger charge is -2.07. The topological polar surface area (TPSA) is 85.4 Å². The van der Waals surface area contributed by atoms with Gasteiger partial charge in [-0.15, -0.1) is 10.2 Å². The maximum Gasteiger partial charge on any atom is 0.272 e. The minimum absolute atomic E-state index is 0.229. The first-order chi connectivity index (χ1) is 13.8. The van der Waals surface area contributed by atoms with E-state index in [2.05, 4.69) is 33.0 Å². The molecule has 142 valence electrons. The number of carbonyl (C=O) groups excluding carboxylic acids is 1. The highest BCUT2D eigenvalue weighted by Crippen LogP contribution is 2.32. The van der Waals surface area contributed by atoms with Gasteiger partial charge in [0.15, 0.2) is 17.2 Å². The molecular formula is C21H20N4O3. The van der Waals surface area contributed by atoms with Gasteiger partial charge in [-0.1, -0.05) is 36.4 Å². The van der Waals surface area contributed by atoms with Crippen molar-refractivity contribution in [2.75, 3.05) is 18.7 Å². The van der Waals surface area contributed by atoms with Gasteiger partial charge in [0.2, 0.25) is 6.79 Å². The van der Waals surface area contributed by atoms with Gasteiger partial charge in [0.05, 0.1) is 0 Å². The molecule has 1 aliphatic rings. The Hall–Kier alpha value is -3.61. The van der Waals surface area contributed by atoms with E-state index in [0.29, 0.717) is 18.1 Å². The molecule has 0 atom stereocenters. The molecule has 0 radical (unpaired) electrons. The third kappa shape index (κ3) is 4.37. The lowest BCUT2D eigenvalue weighted by atomic mass is 10.1. The van der Waals surface area contributed by atoms with E-state index < -0.39 is 0 Å². The number of carbonyl (C=O) groups is 1. The van der Waals surface area contributed by atoms with Crippen molar-refractivity contribution in [1.82, 2.24) is 15.5 Å². The second-order valence-corrected chi connectivity index (χ2v) is 6.34. The fraction of sp³-hybridized carbons (Fsp3) is 0.190. The summed E-state index contributed by atoms with van der Waals surface area (Å²) in [7, 11) is 0. The van der Waals surface area contributed by atoms with Crippen LogP contribution in [0.5, 0.6) is 11.5 Å². The number of hydrogen-bond acceptors (Lipinski definition) is 6. The Morgan fingerprint density at radius 1 is 0.929 bits per heavy atom. The molecule has 2 heterocycles. The fourth-order valence-corrected chi connectivity index (χ4v) is 2.85. The van der Waals surface area contributed by atoms with Gasteiger partial charge in [-0.3, -0.25) is 4.79 Å². The summed E-state index contributed by atoms with van der Waals surface area (Å²) in [6.07, 6.45) is 0.889. The second-order valence-electron chi connectivity index (χ2n) is 6.34. The number of ether oxygens (including phenoxy) is 2. The number of benzene rings is 2. The summed E-state index contributed by atoms with van der Waals surface area (Å²) in [5.74, 6) is 1.78. The van der Waals surface area contributed by atoms with E-state index in [0.717, 1.165) is 24.3 Å². The lowest BCUT2D eigenvalue weighted by Crippen LogP contribution is -2.24. The number of hydrogen-bond donors (Lipinski definition) is 2. The highest BCUT2D eigenvalue weighted by atomic mass is 16.7. The Morgan fingerprint density at radius 2 is 1.79 bits per heavy atom. The largest absolute Gasteiger partial charge is 0.454 e. The van der Waals surface area contributed by atoms with Crippen molar-refractivity contribution in [1.29, 1.82) is 0 Å². The van der Waals surface area contributed by atoms with Crippen molar-refractivity contribution < 1.29 is 14.3 Å². The molecule has 7 nitrogen and oxygen atoms in total. The first-order valence-corrected chi connectivity index (χ1v) is 9.06. The molecule has 0 unspecified atom stereocenters. The van der Waals surface area contributed by atoms with Crippen LogP contribution in [0, 0.1) is 0 Å². The third-order valence-electron chi connectivity index (χ3n) is 4.35. The van der Waals surface area contributed by atoms with Crippen molar-refractivity contribution in [2.45, 2.75) is 13.0 Å². The lowest BCUT2D eigenvalue weighted by molar-refractivity contribution is 0.0945. The van der Waals surface area contributed by atoms with Gasteiger partial charge in [0, 0.05) is 13.1 Å². The average molecular weight is 376 g/mol. The van der Waals surface area contributed by atoms with E-state index in [1.54, 1.807) is 12.1 Å². The Balaban J connectivity index is 1.26. The molecular weight excluding hydrogens is 356 g/mol. The first-order valence-electron chi connectivity index (χ1n) is 9.06. The van der Waals surface area contributed by atoms with E-state index in [9.17, 15) is 4.79 Å². The minimum Gasteiger partial charge on any atom is -0.454 e. The van der Waals surface area contributed by atoms with Crippen LogP contribution in [0.1, 0.15) is 21.6 Å². The molecule has 7 heteroatoms. The zero-order chi connectivity index (χ0) is 19.2. The third-order valence-corrected chi connectivity index (χ3v) is 4.35. The number of rotatable bonds is 7. The predicted molar refractivity (Wildman–Crippen MR) is 104 cm³/mol. The molecule has 0 spiro atoms. The van der Waals surface area contributed by atoms with Gasteiger partial charge in [-0.2, -0.15) is 0 Å². The number of amides is 1. The SMILES string of the molecule is O=C(NCc1ccc2c(c1)OCO2)c1ccc(NCCc2ccccc2)nn1. The van der Waals surface area contributed by atoms with Gasteiger partial charge in [0.25, 0.3) is 5.91 Å². The van der Waals surface area contributed by atoms with Crippen LogP contribution in [0.3, 0.4) is 0 Å². The van der Waals surface area contributed by atoms with Crippen LogP contribution >= 0.6 is 0 Å². The molecule has 2 N–H and O–H groups in total. The Bertz CT molecular complexity index is 946. The number of fused-ring (bicyclic) bond motifs is 1. The van der Waals surface area contributed by atoms with Crippen molar-refractivity contribution >= 4 is 11.7 Å². The summed E-state index contributed by atoms with van der Waals surface area (Å²) in [6, 6.07) is 19.2. The van der Waals surface area contributed by atoms with Crippen molar-refractivity contribution in [3.63, 3.8) is 0 Å². The number of anilines is 1. The zero-order valence-corrected chi connectivity index (χ0v) is 15.2. The van der Waals surface area contributed by atoms with Crippen molar-refractivity contribution in [2.24, 2.45) is 0 Å². The van der Waals surface area contributed by atoms with Gasteiger partial charge in [-0.05, 0) is 41.8 Å².